The number of hydrogen-bond acceptors (Lipinski definition) is 2. The van der Waals surface area contributed by atoms with Gasteiger partial charge in [0, 0.05) is 19.5 Å². The first kappa shape index (κ1) is 13.2. The highest BCUT2D eigenvalue weighted by molar-refractivity contribution is 5.77. The van der Waals surface area contributed by atoms with Crippen LogP contribution in [-0.2, 0) is 11.3 Å². The fourth-order valence-electron chi connectivity index (χ4n) is 1.20. The summed E-state index contributed by atoms with van der Waals surface area (Å²) in [4.78, 5) is 21.9. The molecule has 0 unspecified atom stereocenters. The summed E-state index contributed by atoms with van der Waals surface area (Å²) in [6.07, 6.45) is 0.323. The van der Waals surface area contributed by atoms with Gasteiger partial charge in [0.2, 0.25) is 0 Å². The molecule has 1 aromatic rings. The molecule has 0 atom stereocenters. The largest absolute Gasteiger partial charge is 0.338 e. The molecule has 0 saturated heterocycles. The zero-order valence-corrected chi connectivity index (χ0v) is 9.63. The average Bonchev–Trinajstić information content (AvgIpc) is 2.28. The van der Waals surface area contributed by atoms with Crippen LogP contribution in [0.2, 0.25) is 0 Å². The second kappa shape index (κ2) is 6.62. The van der Waals surface area contributed by atoms with Crippen LogP contribution in [-0.4, -0.2) is 18.4 Å². The number of carbonyl (C=O) groups is 2. The zero-order valence-electron chi connectivity index (χ0n) is 9.63. The molecule has 0 aliphatic rings. The molecule has 5 heteroatoms. The minimum Gasteiger partial charge on any atom is -0.338 e. The number of Topliss-reactive ketones (excluding diaryl/α,β-unsaturated/α-hetero) is 1. The van der Waals surface area contributed by atoms with Crippen molar-refractivity contribution >= 4 is 11.8 Å². The number of ketones is 1. The van der Waals surface area contributed by atoms with E-state index in [4.69, 9.17) is 0 Å². The van der Waals surface area contributed by atoms with Gasteiger partial charge >= 0.3 is 6.03 Å². The summed E-state index contributed by atoms with van der Waals surface area (Å²) in [5, 5.41) is 5.16. The Hall–Kier alpha value is -1.91. The second-order valence-electron chi connectivity index (χ2n) is 3.69. The van der Waals surface area contributed by atoms with Gasteiger partial charge in [0.1, 0.15) is 11.6 Å². The Morgan fingerprint density at radius 1 is 1.18 bits per heavy atom. The van der Waals surface area contributed by atoms with Crippen LogP contribution in [0.25, 0.3) is 0 Å². The maximum absolute atomic E-state index is 12.6. The maximum atomic E-state index is 12.6. The van der Waals surface area contributed by atoms with Gasteiger partial charge in [-0.2, -0.15) is 0 Å². The Labute approximate surface area is 99.2 Å². The van der Waals surface area contributed by atoms with Crippen LogP contribution in [0.1, 0.15) is 18.9 Å². The molecule has 0 aliphatic carbocycles. The van der Waals surface area contributed by atoms with E-state index in [1.807, 2.05) is 0 Å². The Balaban J connectivity index is 2.23. The van der Waals surface area contributed by atoms with Crippen molar-refractivity contribution in [1.29, 1.82) is 0 Å². The van der Waals surface area contributed by atoms with E-state index in [0.717, 1.165) is 5.56 Å². The van der Waals surface area contributed by atoms with Gasteiger partial charge in [-0.25, -0.2) is 9.18 Å². The summed E-state index contributed by atoms with van der Waals surface area (Å²) in [7, 11) is 0. The first-order valence-electron chi connectivity index (χ1n) is 5.33. The molecule has 0 spiro atoms. The fraction of sp³-hybridized carbons (Fsp3) is 0.333. The third kappa shape index (κ3) is 5.65. The van der Waals surface area contributed by atoms with Gasteiger partial charge in [-0.1, -0.05) is 12.1 Å². The van der Waals surface area contributed by atoms with Crippen LogP contribution in [0.4, 0.5) is 9.18 Å². The molecule has 0 saturated carbocycles. The first-order valence-corrected chi connectivity index (χ1v) is 5.33. The topological polar surface area (TPSA) is 58.2 Å². The van der Waals surface area contributed by atoms with Crippen molar-refractivity contribution in [2.24, 2.45) is 0 Å². The summed E-state index contributed by atoms with van der Waals surface area (Å²) >= 11 is 0. The molecular formula is C12H15FN2O2. The van der Waals surface area contributed by atoms with Crippen molar-refractivity contribution in [1.82, 2.24) is 10.6 Å². The van der Waals surface area contributed by atoms with Gasteiger partial charge in [-0.3, -0.25) is 4.79 Å². The summed E-state index contributed by atoms with van der Waals surface area (Å²) in [5.74, 6) is -0.275. The molecule has 0 bridgehead atoms. The minimum atomic E-state index is -0.337. The predicted octanol–water partition coefficient (Wildman–Crippen LogP) is 1.60. The normalized spacial score (nSPS) is 9.76. The quantitative estimate of drug-likeness (QED) is 0.818. The van der Waals surface area contributed by atoms with E-state index in [1.165, 1.54) is 19.1 Å². The molecule has 4 nitrogen and oxygen atoms in total. The standard InChI is InChI=1S/C12H15FN2O2/c1-9(16)6-7-14-12(17)15-8-10-2-4-11(13)5-3-10/h2-5H,6-8H2,1H3,(H2,14,15,17). The van der Waals surface area contributed by atoms with Crippen LogP contribution >= 0.6 is 0 Å². The summed E-state index contributed by atoms with van der Waals surface area (Å²) < 4.78 is 12.6. The number of halogens is 1. The van der Waals surface area contributed by atoms with E-state index in [0.29, 0.717) is 19.5 Å². The smallest absolute Gasteiger partial charge is 0.315 e. The molecule has 92 valence electrons. The van der Waals surface area contributed by atoms with Crippen LogP contribution in [0.3, 0.4) is 0 Å². The third-order valence-electron chi connectivity index (χ3n) is 2.13. The van der Waals surface area contributed by atoms with E-state index in [-0.39, 0.29) is 17.6 Å². The number of rotatable bonds is 5. The lowest BCUT2D eigenvalue weighted by Crippen LogP contribution is -2.36. The van der Waals surface area contributed by atoms with E-state index in [1.54, 1.807) is 12.1 Å². The first-order chi connectivity index (χ1) is 8.08. The van der Waals surface area contributed by atoms with Crippen molar-refractivity contribution in [2.45, 2.75) is 19.9 Å². The van der Waals surface area contributed by atoms with E-state index in [2.05, 4.69) is 10.6 Å². The monoisotopic (exact) mass is 238 g/mol. The van der Waals surface area contributed by atoms with Gasteiger partial charge < -0.3 is 10.6 Å². The number of benzene rings is 1. The number of urea groups is 1. The van der Waals surface area contributed by atoms with E-state index < -0.39 is 0 Å². The lowest BCUT2D eigenvalue weighted by atomic mass is 10.2. The lowest BCUT2D eigenvalue weighted by Gasteiger charge is -2.06. The van der Waals surface area contributed by atoms with Crippen LogP contribution in [0.5, 0.6) is 0 Å². The van der Waals surface area contributed by atoms with E-state index >= 15 is 0 Å². The van der Waals surface area contributed by atoms with Crippen molar-refractivity contribution in [2.75, 3.05) is 6.54 Å². The molecule has 0 aromatic heterocycles. The Kier molecular flexibility index (Phi) is 5.13. The summed E-state index contributed by atoms with van der Waals surface area (Å²) in [5.41, 5.74) is 0.813. The Bertz CT molecular complexity index is 390. The Morgan fingerprint density at radius 3 is 2.41 bits per heavy atom. The fourth-order valence-corrected chi connectivity index (χ4v) is 1.20. The van der Waals surface area contributed by atoms with Crippen molar-refractivity contribution in [3.8, 4) is 0 Å². The van der Waals surface area contributed by atoms with E-state index in [9.17, 15) is 14.0 Å². The zero-order chi connectivity index (χ0) is 12.7. The molecule has 0 radical (unpaired) electrons. The van der Waals surface area contributed by atoms with Gasteiger partial charge in [-0.15, -0.1) is 0 Å². The molecule has 0 aliphatic heterocycles. The number of hydrogen-bond donors (Lipinski definition) is 2. The lowest BCUT2D eigenvalue weighted by molar-refractivity contribution is -0.116. The minimum absolute atomic E-state index is 0.0313. The van der Waals surface area contributed by atoms with Crippen LogP contribution in [0.15, 0.2) is 24.3 Å². The molecular weight excluding hydrogens is 223 g/mol. The molecule has 2 amide bonds. The van der Waals surface area contributed by atoms with Gasteiger partial charge in [0.05, 0.1) is 0 Å². The van der Waals surface area contributed by atoms with Crippen molar-refractivity contribution < 1.29 is 14.0 Å². The third-order valence-corrected chi connectivity index (χ3v) is 2.13. The van der Waals surface area contributed by atoms with Gasteiger partial charge in [0.25, 0.3) is 0 Å². The van der Waals surface area contributed by atoms with Crippen molar-refractivity contribution in [3.05, 3.63) is 35.6 Å². The SMILES string of the molecule is CC(=O)CCNC(=O)NCc1ccc(F)cc1. The average molecular weight is 238 g/mol. The molecule has 0 heterocycles. The molecule has 1 rings (SSSR count). The predicted molar refractivity (Wildman–Crippen MR) is 61.9 cm³/mol. The second-order valence-corrected chi connectivity index (χ2v) is 3.69. The van der Waals surface area contributed by atoms with Gasteiger partial charge in [0.15, 0.2) is 0 Å². The number of amides is 2. The Morgan fingerprint density at radius 2 is 1.82 bits per heavy atom. The number of carbonyl (C=O) groups excluding carboxylic acids is 2. The summed E-state index contributed by atoms with van der Waals surface area (Å²) in [6, 6.07) is 5.54. The highest BCUT2D eigenvalue weighted by atomic mass is 19.1. The van der Waals surface area contributed by atoms with Crippen molar-refractivity contribution in [3.63, 3.8) is 0 Å². The number of nitrogens with one attached hydrogen (secondary N) is 2. The van der Waals surface area contributed by atoms with Crippen LogP contribution < -0.4 is 10.6 Å². The molecule has 0 fully saturated rings. The highest BCUT2D eigenvalue weighted by Crippen LogP contribution is 2.01. The molecule has 2 N–H and O–H groups in total. The molecule has 17 heavy (non-hydrogen) atoms. The maximum Gasteiger partial charge on any atom is 0.315 e. The molecule has 1 aromatic carbocycles. The van der Waals surface area contributed by atoms with Crippen LogP contribution in [0, 0.1) is 5.82 Å². The van der Waals surface area contributed by atoms with Gasteiger partial charge in [-0.05, 0) is 24.6 Å². The summed E-state index contributed by atoms with van der Waals surface area (Å²) in [6.45, 7) is 2.12. The highest BCUT2D eigenvalue weighted by Gasteiger charge is 2.00.